The van der Waals surface area contributed by atoms with Crippen LogP contribution in [0.1, 0.15) is 22.6 Å². The molecule has 0 unspecified atom stereocenters. The fourth-order valence-corrected chi connectivity index (χ4v) is 3.06. The van der Waals surface area contributed by atoms with Crippen LogP contribution >= 0.6 is 0 Å². The molecule has 6 heteroatoms. The summed E-state index contributed by atoms with van der Waals surface area (Å²) in [5.74, 6) is 0.219. The molecule has 0 aromatic heterocycles. The number of nitrogens with zero attached hydrogens (tertiary/aromatic N) is 1. The first kappa shape index (κ1) is 16.7. The topological polar surface area (TPSA) is 91.2 Å². The van der Waals surface area contributed by atoms with Crippen LogP contribution in [-0.4, -0.2) is 22.3 Å². The lowest BCUT2D eigenvalue weighted by Crippen LogP contribution is -2.28. The average molecular weight is 360 g/mol. The first-order chi connectivity index (χ1) is 13.1. The van der Waals surface area contributed by atoms with Gasteiger partial charge in [0.15, 0.2) is 0 Å². The molecule has 0 spiro atoms. The largest absolute Gasteiger partial charge is 0.508 e. The molecule has 0 aliphatic carbocycles. The average Bonchev–Trinajstić information content (AvgIpc) is 2.67. The summed E-state index contributed by atoms with van der Waals surface area (Å²) in [7, 11) is 0. The predicted octanol–water partition coefficient (Wildman–Crippen LogP) is 3.49. The molecule has 134 valence electrons. The smallest absolute Gasteiger partial charge is 0.252 e. The van der Waals surface area contributed by atoms with Crippen molar-refractivity contribution in [1.29, 1.82) is 0 Å². The van der Waals surface area contributed by atoms with E-state index in [0.717, 1.165) is 11.1 Å². The van der Waals surface area contributed by atoms with Crippen molar-refractivity contribution in [2.24, 2.45) is 5.10 Å². The summed E-state index contributed by atoms with van der Waals surface area (Å²) >= 11 is 0. The molecule has 0 radical (unpaired) electrons. The van der Waals surface area contributed by atoms with Crippen molar-refractivity contribution >= 4 is 12.1 Å². The van der Waals surface area contributed by atoms with Crippen molar-refractivity contribution in [3.05, 3.63) is 83.4 Å². The third kappa shape index (κ3) is 3.20. The molecule has 0 fully saturated rings. The molecule has 1 aliphatic rings. The Bertz CT molecular complexity index is 1000. The van der Waals surface area contributed by atoms with Gasteiger partial charge in [0.2, 0.25) is 0 Å². The van der Waals surface area contributed by atoms with E-state index in [-0.39, 0.29) is 17.4 Å². The maximum absolute atomic E-state index is 12.9. The number of amides is 1. The first-order valence-electron chi connectivity index (χ1n) is 8.34. The number of carbonyl (C=O) groups excluding carboxylic acids is 1. The van der Waals surface area contributed by atoms with Crippen LogP contribution in [0.3, 0.4) is 0 Å². The molecule has 4 rings (SSSR count). The lowest BCUT2D eigenvalue weighted by Gasteiger charge is -2.26. The number of fused-ring (bicyclic) bond motifs is 2. The number of aromatic hydroxyl groups is 2. The van der Waals surface area contributed by atoms with Crippen molar-refractivity contribution in [3.8, 4) is 23.0 Å². The van der Waals surface area contributed by atoms with Crippen LogP contribution in [0.15, 0.2) is 71.8 Å². The quantitative estimate of drug-likeness (QED) is 0.493. The van der Waals surface area contributed by atoms with E-state index in [1.165, 1.54) is 24.4 Å². The van der Waals surface area contributed by atoms with Crippen LogP contribution in [0, 0.1) is 0 Å². The Kier molecular flexibility index (Phi) is 4.22. The highest BCUT2D eigenvalue weighted by atomic mass is 16.5. The van der Waals surface area contributed by atoms with Crippen molar-refractivity contribution < 1.29 is 19.7 Å². The second kappa shape index (κ2) is 6.84. The van der Waals surface area contributed by atoms with Crippen molar-refractivity contribution in [3.63, 3.8) is 0 Å². The number of nitrogens with one attached hydrogen (secondary N) is 1. The maximum atomic E-state index is 12.9. The summed E-state index contributed by atoms with van der Waals surface area (Å²) in [5.41, 5.74) is 4.42. The van der Waals surface area contributed by atoms with E-state index in [9.17, 15) is 15.0 Å². The standard InChI is InChI=1S/C21H16N2O4/c24-14-10-9-13(17(25)11-14)12-22-23-21(26)20-15-5-1-3-7-18(15)27-19-8-4-2-6-16(19)20/h1-12,20,24-25H,(H,23,26)/b22-12-. The van der Waals surface area contributed by atoms with Crippen LogP contribution in [0.25, 0.3) is 0 Å². The number of carbonyl (C=O) groups is 1. The third-order valence-electron chi connectivity index (χ3n) is 4.33. The molecule has 3 aromatic carbocycles. The van der Waals surface area contributed by atoms with E-state index in [2.05, 4.69) is 10.5 Å². The summed E-state index contributed by atoms with van der Waals surface area (Å²) in [5, 5.41) is 23.1. The highest BCUT2D eigenvalue weighted by molar-refractivity contribution is 5.91. The molecule has 0 saturated carbocycles. The number of ether oxygens (including phenoxy) is 1. The van der Waals surface area contributed by atoms with Gasteiger partial charge < -0.3 is 14.9 Å². The number of hydrazone groups is 1. The van der Waals surface area contributed by atoms with Gasteiger partial charge in [0.25, 0.3) is 5.91 Å². The first-order valence-corrected chi connectivity index (χ1v) is 8.34. The van der Waals surface area contributed by atoms with Crippen LogP contribution in [-0.2, 0) is 4.79 Å². The van der Waals surface area contributed by atoms with Gasteiger partial charge in [-0.3, -0.25) is 4.79 Å². The van der Waals surface area contributed by atoms with Crippen molar-refractivity contribution in [2.45, 2.75) is 5.92 Å². The van der Waals surface area contributed by atoms with Gasteiger partial charge in [-0.25, -0.2) is 5.43 Å². The minimum absolute atomic E-state index is 0.0518. The number of benzene rings is 3. The van der Waals surface area contributed by atoms with Crippen LogP contribution in [0.4, 0.5) is 0 Å². The molecule has 6 nitrogen and oxygen atoms in total. The summed E-state index contributed by atoms with van der Waals surface area (Å²) in [6.45, 7) is 0. The van der Waals surface area contributed by atoms with Gasteiger partial charge in [-0.05, 0) is 24.3 Å². The van der Waals surface area contributed by atoms with Crippen LogP contribution < -0.4 is 10.2 Å². The zero-order valence-corrected chi connectivity index (χ0v) is 14.2. The van der Waals surface area contributed by atoms with Gasteiger partial charge in [0.1, 0.15) is 23.0 Å². The Labute approximate surface area is 155 Å². The molecule has 3 N–H and O–H groups in total. The van der Waals surface area contributed by atoms with Crippen LogP contribution in [0.5, 0.6) is 23.0 Å². The fourth-order valence-electron chi connectivity index (χ4n) is 3.06. The molecular formula is C21H16N2O4. The molecular weight excluding hydrogens is 344 g/mol. The van der Waals surface area contributed by atoms with E-state index < -0.39 is 5.92 Å². The summed E-state index contributed by atoms with van der Waals surface area (Å²) < 4.78 is 5.88. The number of phenols is 2. The Hall–Kier alpha value is -3.80. The Morgan fingerprint density at radius 3 is 2.22 bits per heavy atom. The molecule has 27 heavy (non-hydrogen) atoms. The lowest BCUT2D eigenvalue weighted by molar-refractivity contribution is -0.121. The Morgan fingerprint density at radius 1 is 0.963 bits per heavy atom. The van der Waals surface area contributed by atoms with E-state index >= 15 is 0 Å². The van der Waals surface area contributed by atoms with E-state index in [0.29, 0.717) is 17.1 Å². The lowest BCUT2D eigenvalue weighted by atomic mass is 9.87. The predicted molar refractivity (Wildman–Crippen MR) is 100 cm³/mol. The number of para-hydroxylation sites is 2. The van der Waals surface area contributed by atoms with Gasteiger partial charge in [-0.2, -0.15) is 5.10 Å². The minimum Gasteiger partial charge on any atom is -0.508 e. The molecule has 1 amide bonds. The monoisotopic (exact) mass is 360 g/mol. The SMILES string of the molecule is O=C(N/N=C\c1ccc(O)cc1O)C1c2ccccc2Oc2ccccc21. The number of hydrogen-bond acceptors (Lipinski definition) is 5. The van der Waals surface area contributed by atoms with Crippen LogP contribution in [0.2, 0.25) is 0 Å². The normalized spacial score (nSPS) is 12.9. The Morgan fingerprint density at radius 2 is 1.59 bits per heavy atom. The third-order valence-corrected chi connectivity index (χ3v) is 4.33. The number of rotatable bonds is 3. The fraction of sp³-hybridized carbons (Fsp3) is 0.0476. The Balaban J connectivity index is 1.61. The zero-order valence-electron chi connectivity index (χ0n) is 14.2. The van der Waals surface area contributed by atoms with Gasteiger partial charge in [0, 0.05) is 22.8 Å². The van der Waals surface area contributed by atoms with Gasteiger partial charge in [-0.1, -0.05) is 36.4 Å². The van der Waals surface area contributed by atoms with Gasteiger partial charge >= 0.3 is 0 Å². The number of phenolic OH excluding ortho intramolecular Hbond substituents is 2. The molecule has 3 aromatic rings. The molecule has 0 bridgehead atoms. The summed E-state index contributed by atoms with van der Waals surface area (Å²) in [4.78, 5) is 12.9. The van der Waals surface area contributed by atoms with Gasteiger partial charge in [0.05, 0.1) is 12.1 Å². The highest BCUT2D eigenvalue weighted by Gasteiger charge is 2.32. The zero-order chi connectivity index (χ0) is 18.8. The molecule has 0 saturated heterocycles. The number of hydrogen-bond donors (Lipinski definition) is 3. The van der Waals surface area contributed by atoms with E-state index in [4.69, 9.17) is 4.74 Å². The minimum atomic E-state index is -0.559. The van der Waals surface area contributed by atoms with Gasteiger partial charge in [-0.15, -0.1) is 0 Å². The maximum Gasteiger partial charge on any atom is 0.252 e. The second-order valence-electron chi connectivity index (χ2n) is 6.09. The summed E-state index contributed by atoms with van der Waals surface area (Å²) in [6, 6.07) is 18.9. The second-order valence-corrected chi connectivity index (χ2v) is 6.09. The molecule has 1 heterocycles. The van der Waals surface area contributed by atoms with Crippen molar-refractivity contribution in [2.75, 3.05) is 0 Å². The van der Waals surface area contributed by atoms with E-state index in [1.807, 2.05) is 48.5 Å². The van der Waals surface area contributed by atoms with Crippen molar-refractivity contribution in [1.82, 2.24) is 5.43 Å². The molecule has 0 atom stereocenters. The summed E-state index contributed by atoms with van der Waals surface area (Å²) in [6.07, 6.45) is 1.32. The van der Waals surface area contributed by atoms with E-state index in [1.54, 1.807) is 0 Å². The highest BCUT2D eigenvalue weighted by Crippen LogP contribution is 2.43. The molecule has 1 aliphatic heterocycles.